The zero-order valence-electron chi connectivity index (χ0n) is 10.4. The molecule has 2 aromatic rings. The van der Waals surface area contributed by atoms with Gasteiger partial charge in [0.15, 0.2) is 0 Å². The van der Waals surface area contributed by atoms with Crippen molar-refractivity contribution in [2.75, 3.05) is 6.61 Å². The molecule has 2 aromatic heterocycles. The second kappa shape index (κ2) is 4.36. The number of H-pyrrole nitrogens is 2. The minimum Gasteiger partial charge on any atom is -0.395 e. The van der Waals surface area contributed by atoms with E-state index in [1.807, 2.05) is 0 Å². The fourth-order valence-corrected chi connectivity index (χ4v) is 2.62. The van der Waals surface area contributed by atoms with Gasteiger partial charge in [0.2, 0.25) is 0 Å². The normalized spacial score (nSPS) is 33.9. The van der Waals surface area contributed by atoms with E-state index < -0.39 is 23.9 Å². The Morgan fingerprint density at radius 1 is 1.40 bits per heavy atom. The Balaban J connectivity index is 2.15. The zero-order valence-corrected chi connectivity index (χ0v) is 10.4. The molecule has 1 saturated heterocycles. The molecule has 0 aromatic carbocycles. The first kappa shape index (κ1) is 13.2. The molecule has 0 radical (unpaired) electrons. The van der Waals surface area contributed by atoms with Crippen LogP contribution in [0.3, 0.4) is 0 Å². The Hall–Kier alpha value is -1.78. The highest BCUT2D eigenvalue weighted by Gasteiger charge is 2.52. The summed E-state index contributed by atoms with van der Waals surface area (Å²) in [6.45, 7) is -0.381. The van der Waals surface area contributed by atoms with Crippen LogP contribution in [0.1, 0.15) is 5.56 Å². The first-order valence-electron chi connectivity index (χ1n) is 6.08. The summed E-state index contributed by atoms with van der Waals surface area (Å²) >= 11 is 0. The minimum absolute atomic E-state index is 0.225. The van der Waals surface area contributed by atoms with E-state index in [1.165, 1.54) is 12.5 Å². The third-order valence-electron chi connectivity index (χ3n) is 3.74. The van der Waals surface area contributed by atoms with Crippen molar-refractivity contribution in [1.29, 1.82) is 0 Å². The lowest BCUT2D eigenvalue weighted by Gasteiger charge is -2.28. The molecule has 1 aliphatic rings. The van der Waals surface area contributed by atoms with Crippen LogP contribution in [0, 0.1) is 0 Å². The second-order valence-electron chi connectivity index (χ2n) is 4.90. The smallest absolute Gasteiger partial charge is 0.275 e. The minimum atomic E-state index is -1.51. The molecule has 0 aliphatic carbocycles. The fourth-order valence-electron chi connectivity index (χ4n) is 2.62. The summed E-state index contributed by atoms with van der Waals surface area (Å²) in [6, 6.07) is -0.762. The molecule has 0 spiro atoms. The molecule has 3 heterocycles. The Labute approximate surface area is 112 Å². The average molecular weight is 281 g/mol. The zero-order chi connectivity index (χ0) is 14.5. The van der Waals surface area contributed by atoms with Gasteiger partial charge in [0.25, 0.3) is 5.56 Å². The summed E-state index contributed by atoms with van der Waals surface area (Å²) in [7, 11) is 0. The van der Waals surface area contributed by atoms with Crippen LogP contribution in [-0.4, -0.2) is 55.1 Å². The van der Waals surface area contributed by atoms with Crippen LogP contribution < -0.4 is 16.6 Å². The van der Waals surface area contributed by atoms with Crippen LogP contribution in [0.2, 0.25) is 0 Å². The van der Waals surface area contributed by atoms with Crippen molar-refractivity contribution >= 4 is 11.0 Å². The maximum absolute atomic E-state index is 11.6. The van der Waals surface area contributed by atoms with Gasteiger partial charge < -0.3 is 31.0 Å². The number of nitrogens with zero attached hydrogens (tertiary/aromatic N) is 1. The summed E-state index contributed by atoms with van der Waals surface area (Å²) in [5.74, 6) is 0. The van der Waals surface area contributed by atoms with Gasteiger partial charge in [-0.1, -0.05) is 0 Å². The quantitative estimate of drug-likeness (QED) is 0.309. The van der Waals surface area contributed by atoms with Crippen LogP contribution in [0.25, 0.3) is 11.0 Å². The Bertz CT molecular complexity index is 697. The van der Waals surface area contributed by atoms with Crippen LogP contribution in [0.15, 0.2) is 17.3 Å². The predicted octanol–water partition coefficient (Wildman–Crippen LogP) is -2.95. The summed E-state index contributed by atoms with van der Waals surface area (Å²) in [5.41, 5.74) is 5.14. The number of fused-ring (bicyclic) bond motifs is 1. The molecule has 20 heavy (non-hydrogen) atoms. The SMILES string of the molecule is N[C@@]1(c2c[nH]c3c(=O)[nH]cnc23)N[C@H](CO)[C@@H](O)[C@H]1O. The highest BCUT2D eigenvalue weighted by molar-refractivity contribution is 5.79. The van der Waals surface area contributed by atoms with E-state index in [-0.39, 0.29) is 17.7 Å². The highest BCUT2D eigenvalue weighted by Crippen LogP contribution is 2.32. The van der Waals surface area contributed by atoms with Crippen molar-refractivity contribution in [3.63, 3.8) is 0 Å². The van der Waals surface area contributed by atoms with Gasteiger partial charge in [0.1, 0.15) is 28.9 Å². The highest BCUT2D eigenvalue weighted by atomic mass is 16.3. The number of hydrogen-bond acceptors (Lipinski definition) is 7. The van der Waals surface area contributed by atoms with E-state index >= 15 is 0 Å². The number of nitrogens with two attached hydrogens (primary N) is 1. The van der Waals surface area contributed by atoms with E-state index in [4.69, 9.17) is 5.73 Å². The Morgan fingerprint density at radius 2 is 2.15 bits per heavy atom. The maximum Gasteiger partial charge on any atom is 0.275 e. The molecule has 9 nitrogen and oxygen atoms in total. The van der Waals surface area contributed by atoms with Gasteiger partial charge in [0, 0.05) is 11.8 Å². The van der Waals surface area contributed by atoms with Gasteiger partial charge in [-0.2, -0.15) is 0 Å². The number of aromatic amines is 2. The van der Waals surface area contributed by atoms with E-state index in [0.717, 1.165) is 0 Å². The van der Waals surface area contributed by atoms with Crippen molar-refractivity contribution in [1.82, 2.24) is 20.3 Å². The van der Waals surface area contributed by atoms with Crippen molar-refractivity contribution < 1.29 is 15.3 Å². The molecule has 0 amide bonds. The van der Waals surface area contributed by atoms with Crippen LogP contribution in [0.5, 0.6) is 0 Å². The largest absolute Gasteiger partial charge is 0.395 e. The first-order valence-corrected chi connectivity index (χ1v) is 6.08. The standard InChI is InChI=1S/C11H15N5O4/c12-11(9(19)8(18)5(2-17)16-11)4-1-13-7-6(4)14-3-15-10(7)20/h1,3,5,8-9,13,16-19H,2,12H2,(H,14,15,20)/t5-,8-,9-,11+/m1/s1. The third kappa shape index (κ3) is 1.62. The summed E-state index contributed by atoms with van der Waals surface area (Å²) in [4.78, 5) is 20.8. The van der Waals surface area contributed by atoms with Gasteiger partial charge in [-0.15, -0.1) is 0 Å². The van der Waals surface area contributed by atoms with Crippen molar-refractivity contribution in [2.24, 2.45) is 5.73 Å². The number of aliphatic hydroxyl groups is 3. The van der Waals surface area contributed by atoms with Crippen LogP contribution in [-0.2, 0) is 5.66 Å². The van der Waals surface area contributed by atoms with Gasteiger partial charge in [0.05, 0.1) is 19.0 Å². The molecule has 0 saturated carbocycles. The number of rotatable bonds is 2. The molecule has 1 aliphatic heterocycles. The van der Waals surface area contributed by atoms with Gasteiger partial charge in [-0.25, -0.2) is 4.98 Å². The molecule has 1 fully saturated rings. The fraction of sp³-hybridized carbons (Fsp3) is 0.455. The number of aromatic nitrogens is 3. The molecule has 8 N–H and O–H groups in total. The topological polar surface area (TPSA) is 160 Å². The molecular formula is C11H15N5O4. The predicted molar refractivity (Wildman–Crippen MR) is 68.6 cm³/mol. The van der Waals surface area contributed by atoms with Crippen molar-refractivity contribution in [3.05, 3.63) is 28.4 Å². The molecule has 3 rings (SSSR count). The van der Waals surface area contributed by atoms with Crippen molar-refractivity contribution in [2.45, 2.75) is 23.9 Å². The van der Waals surface area contributed by atoms with E-state index in [1.54, 1.807) is 0 Å². The van der Waals surface area contributed by atoms with Gasteiger partial charge in [-0.05, 0) is 0 Å². The molecule has 0 bridgehead atoms. The Morgan fingerprint density at radius 3 is 2.80 bits per heavy atom. The number of nitrogens with one attached hydrogen (secondary N) is 3. The van der Waals surface area contributed by atoms with E-state index in [0.29, 0.717) is 11.1 Å². The molecule has 0 unspecified atom stereocenters. The molecule has 4 atom stereocenters. The van der Waals surface area contributed by atoms with Crippen LogP contribution in [0.4, 0.5) is 0 Å². The Kier molecular flexibility index (Phi) is 2.88. The van der Waals surface area contributed by atoms with Gasteiger partial charge in [-0.3, -0.25) is 10.1 Å². The lowest BCUT2D eigenvalue weighted by atomic mass is 9.96. The monoisotopic (exact) mass is 281 g/mol. The maximum atomic E-state index is 11.6. The second-order valence-corrected chi connectivity index (χ2v) is 4.90. The first-order chi connectivity index (χ1) is 9.49. The average Bonchev–Trinajstić information content (AvgIpc) is 2.96. The van der Waals surface area contributed by atoms with Crippen LogP contribution >= 0.6 is 0 Å². The summed E-state index contributed by atoms with van der Waals surface area (Å²) in [5, 5.41) is 32.0. The lowest BCUT2D eigenvalue weighted by Crippen LogP contribution is -2.54. The van der Waals surface area contributed by atoms with E-state index in [9.17, 15) is 20.1 Å². The number of hydrogen-bond donors (Lipinski definition) is 7. The third-order valence-corrected chi connectivity index (χ3v) is 3.74. The van der Waals surface area contributed by atoms with Crippen molar-refractivity contribution in [3.8, 4) is 0 Å². The lowest BCUT2D eigenvalue weighted by molar-refractivity contribution is -0.000628. The van der Waals surface area contributed by atoms with Gasteiger partial charge >= 0.3 is 0 Å². The molecule has 108 valence electrons. The summed E-state index contributed by atoms with van der Waals surface area (Å²) in [6.07, 6.45) is 0.110. The molecule has 9 heteroatoms. The summed E-state index contributed by atoms with van der Waals surface area (Å²) < 4.78 is 0. The number of aliphatic hydroxyl groups excluding tert-OH is 3. The molecular weight excluding hydrogens is 266 g/mol. The van der Waals surface area contributed by atoms with E-state index in [2.05, 4.69) is 20.3 Å².